The SMILES string of the molecule is O=[N+]([O-])c1ncc(OC(F)(F)F)c(I)c1CO. The summed E-state index contributed by atoms with van der Waals surface area (Å²) in [6.07, 6.45) is -4.34. The highest BCUT2D eigenvalue weighted by Crippen LogP contribution is 2.32. The van der Waals surface area contributed by atoms with Crippen molar-refractivity contribution in [3.05, 3.63) is 25.4 Å². The molecule has 0 fully saturated rings. The number of hydrogen-bond acceptors (Lipinski definition) is 5. The molecule has 0 saturated carbocycles. The summed E-state index contributed by atoms with van der Waals surface area (Å²) < 4.78 is 39.3. The zero-order valence-electron chi connectivity index (χ0n) is 7.86. The average Bonchev–Trinajstić information content (AvgIpc) is 2.18. The van der Waals surface area contributed by atoms with Crippen LogP contribution in [0.1, 0.15) is 5.56 Å². The maximum Gasteiger partial charge on any atom is 0.573 e. The molecular weight excluding hydrogens is 360 g/mol. The first-order valence-electron chi connectivity index (χ1n) is 3.94. The van der Waals surface area contributed by atoms with Gasteiger partial charge in [0.2, 0.25) is 0 Å². The monoisotopic (exact) mass is 364 g/mol. The second-order valence-corrected chi connectivity index (χ2v) is 3.78. The first-order chi connectivity index (χ1) is 7.76. The molecular formula is C7H4F3IN2O4. The van der Waals surface area contributed by atoms with Gasteiger partial charge in [0.05, 0.1) is 15.7 Å². The molecule has 0 aliphatic carbocycles. The van der Waals surface area contributed by atoms with Crippen LogP contribution in [0.2, 0.25) is 0 Å². The maximum absolute atomic E-state index is 12.0. The quantitative estimate of drug-likeness (QED) is 0.504. The minimum atomic E-state index is -4.93. The number of nitro groups is 1. The van der Waals surface area contributed by atoms with Gasteiger partial charge in [-0.1, -0.05) is 0 Å². The number of nitrogens with zero attached hydrogens (tertiary/aromatic N) is 2. The van der Waals surface area contributed by atoms with Gasteiger partial charge in [-0.15, -0.1) is 13.2 Å². The molecule has 0 spiro atoms. The Kier molecular flexibility index (Phi) is 4.08. The second-order valence-electron chi connectivity index (χ2n) is 2.70. The largest absolute Gasteiger partial charge is 0.573 e. The van der Waals surface area contributed by atoms with Gasteiger partial charge in [-0.2, -0.15) is 0 Å². The number of aliphatic hydroxyl groups is 1. The van der Waals surface area contributed by atoms with Crippen LogP contribution in [0, 0.1) is 13.7 Å². The molecule has 1 aromatic heterocycles. The van der Waals surface area contributed by atoms with E-state index < -0.39 is 29.5 Å². The van der Waals surface area contributed by atoms with Crippen LogP contribution in [0.3, 0.4) is 0 Å². The van der Waals surface area contributed by atoms with Crippen LogP contribution in [-0.2, 0) is 6.61 Å². The van der Waals surface area contributed by atoms with Crippen LogP contribution in [0.4, 0.5) is 19.0 Å². The third-order valence-corrected chi connectivity index (χ3v) is 2.79. The highest BCUT2D eigenvalue weighted by molar-refractivity contribution is 14.1. The summed E-state index contributed by atoms with van der Waals surface area (Å²) in [5.74, 6) is -1.39. The van der Waals surface area contributed by atoms with Gasteiger partial charge in [-0.25, -0.2) is 0 Å². The summed E-state index contributed by atoms with van der Waals surface area (Å²) in [6, 6.07) is 0. The van der Waals surface area contributed by atoms with Crippen LogP contribution in [0.5, 0.6) is 5.75 Å². The standard InChI is InChI=1S/C7H4F3IN2O4/c8-7(9,10)17-4-1-12-6(13(15)16)3(2-14)5(4)11/h1,14H,2H2. The van der Waals surface area contributed by atoms with E-state index in [-0.39, 0.29) is 9.13 Å². The second kappa shape index (κ2) is 5.00. The zero-order valence-corrected chi connectivity index (χ0v) is 10.0. The number of hydrogen-bond donors (Lipinski definition) is 1. The van der Waals surface area contributed by atoms with Crippen LogP contribution in [-0.4, -0.2) is 21.4 Å². The zero-order chi connectivity index (χ0) is 13.2. The third kappa shape index (κ3) is 3.39. The normalized spacial score (nSPS) is 11.4. The van der Waals surface area contributed by atoms with Gasteiger partial charge >= 0.3 is 12.2 Å². The molecule has 0 unspecified atom stereocenters. The van der Waals surface area contributed by atoms with Crippen molar-refractivity contribution in [2.45, 2.75) is 13.0 Å². The van der Waals surface area contributed by atoms with E-state index in [4.69, 9.17) is 5.11 Å². The minimum absolute atomic E-state index is 0.205. The summed E-state index contributed by atoms with van der Waals surface area (Å²) in [5.41, 5.74) is -0.322. The fourth-order valence-corrected chi connectivity index (χ4v) is 1.66. The number of aliphatic hydroxyl groups excluding tert-OH is 1. The van der Waals surface area contributed by atoms with E-state index in [1.165, 1.54) is 22.6 Å². The van der Waals surface area contributed by atoms with Crippen LogP contribution < -0.4 is 4.74 Å². The Morgan fingerprint density at radius 3 is 2.59 bits per heavy atom. The lowest BCUT2D eigenvalue weighted by molar-refractivity contribution is -0.390. The predicted octanol–water partition coefficient (Wildman–Crippen LogP) is 1.99. The molecule has 0 saturated heterocycles. The Labute approximate surface area is 106 Å². The van der Waals surface area contributed by atoms with Gasteiger partial charge in [0.1, 0.15) is 0 Å². The van der Waals surface area contributed by atoms with Crippen LogP contribution in [0.15, 0.2) is 6.20 Å². The fraction of sp³-hybridized carbons (Fsp3) is 0.286. The molecule has 1 rings (SSSR count). The molecule has 0 bridgehead atoms. The summed E-state index contributed by atoms with van der Waals surface area (Å²) >= 11 is 1.41. The van der Waals surface area contributed by atoms with Gasteiger partial charge < -0.3 is 20.0 Å². The van der Waals surface area contributed by atoms with Crippen LogP contribution >= 0.6 is 22.6 Å². The molecule has 0 aliphatic heterocycles. The Hall–Kier alpha value is -1.17. The van der Waals surface area contributed by atoms with E-state index in [1.54, 1.807) is 0 Å². The van der Waals surface area contributed by atoms with Gasteiger partial charge in [0.25, 0.3) is 0 Å². The fourth-order valence-electron chi connectivity index (χ4n) is 0.995. The summed E-state index contributed by atoms with van der Waals surface area (Å²) in [6.45, 7) is -0.809. The number of halogens is 4. The highest BCUT2D eigenvalue weighted by Gasteiger charge is 2.34. The smallest absolute Gasteiger partial charge is 0.401 e. The lowest BCUT2D eigenvalue weighted by Crippen LogP contribution is -2.18. The predicted molar refractivity (Wildman–Crippen MR) is 56.2 cm³/mol. The molecule has 0 aliphatic rings. The van der Waals surface area contributed by atoms with Gasteiger partial charge in [-0.3, -0.25) is 0 Å². The van der Waals surface area contributed by atoms with Gasteiger partial charge in [0.15, 0.2) is 11.9 Å². The lowest BCUT2D eigenvalue weighted by atomic mass is 10.2. The van der Waals surface area contributed by atoms with Crippen molar-refractivity contribution < 1.29 is 27.9 Å². The molecule has 1 heterocycles. The maximum atomic E-state index is 12.0. The van der Waals surface area contributed by atoms with E-state index in [1.807, 2.05) is 0 Å². The molecule has 6 nitrogen and oxygen atoms in total. The Morgan fingerprint density at radius 1 is 1.59 bits per heavy atom. The Morgan fingerprint density at radius 2 is 2.18 bits per heavy atom. The summed E-state index contributed by atoms with van der Waals surface area (Å²) in [5, 5.41) is 19.4. The van der Waals surface area contributed by atoms with Crippen molar-refractivity contribution >= 4 is 28.4 Å². The number of pyridine rings is 1. The topological polar surface area (TPSA) is 85.5 Å². The van der Waals surface area contributed by atoms with E-state index in [9.17, 15) is 23.3 Å². The van der Waals surface area contributed by atoms with Crippen molar-refractivity contribution in [2.24, 2.45) is 0 Å². The summed E-state index contributed by atoms with van der Waals surface area (Å²) in [4.78, 5) is 12.8. The number of aromatic nitrogens is 1. The molecule has 1 aromatic rings. The van der Waals surface area contributed by atoms with Crippen molar-refractivity contribution in [2.75, 3.05) is 0 Å². The van der Waals surface area contributed by atoms with Crippen molar-refractivity contribution in [3.63, 3.8) is 0 Å². The van der Waals surface area contributed by atoms with E-state index in [0.717, 1.165) is 0 Å². The first-order valence-corrected chi connectivity index (χ1v) is 5.02. The minimum Gasteiger partial charge on any atom is -0.401 e. The average molecular weight is 364 g/mol. The highest BCUT2D eigenvalue weighted by atomic mass is 127. The van der Waals surface area contributed by atoms with Gasteiger partial charge in [0, 0.05) is 0 Å². The number of alkyl halides is 3. The number of ether oxygens (including phenoxy) is 1. The van der Waals surface area contributed by atoms with Crippen LogP contribution in [0.25, 0.3) is 0 Å². The van der Waals surface area contributed by atoms with Crippen molar-refractivity contribution in [3.8, 4) is 5.75 Å². The molecule has 0 atom stereocenters. The molecule has 10 heteroatoms. The third-order valence-electron chi connectivity index (χ3n) is 1.61. The molecule has 94 valence electrons. The van der Waals surface area contributed by atoms with Crippen molar-refractivity contribution in [1.82, 2.24) is 4.98 Å². The first kappa shape index (κ1) is 13.9. The molecule has 0 radical (unpaired) electrons. The summed E-state index contributed by atoms with van der Waals surface area (Å²) in [7, 11) is 0. The molecule has 17 heavy (non-hydrogen) atoms. The Balaban J connectivity index is 3.25. The van der Waals surface area contributed by atoms with Gasteiger partial charge in [-0.05, 0) is 32.5 Å². The van der Waals surface area contributed by atoms with E-state index in [0.29, 0.717) is 6.20 Å². The molecule has 1 N–H and O–H groups in total. The molecule has 0 aromatic carbocycles. The van der Waals surface area contributed by atoms with E-state index in [2.05, 4.69) is 9.72 Å². The number of rotatable bonds is 3. The van der Waals surface area contributed by atoms with Crippen molar-refractivity contribution in [1.29, 1.82) is 0 Å². The Bertz CT molecular complexity index is 451. The van der Waals surface area contributed by atoms with E-state index >= 15 is 0 Å². The molecule has 0 amide bonds. The lowest BCUT2D eigenvalue weighted by Gasteiger charge is -2.10.